The summed E-state index contributed by atoms with van der Waals surface area (Å²) in [7, 11) is 0. The summed E-state index contributed by atoms with van der Waals surface area (Å²) in [5, 5.41) is 4.87. The van der Waals surface area contributed by atoms with E-state index in [1.807, 2.05) is 12.1 Å². The zero-order chi connectivity index (χ0) is 19.3. The van der Waals surface area contributed by atoms with E-state index in [2.05, 4.69) is 12.2 Å². The lowest BCUT2D eigenvalue weighted by molar-refractivity contribution is 0.1000. The van der Waals surface area contributed by atoms with Crippen LogP contribution in [0.15, 0.2) is 18.2 Å². The molecule has 1 atom stereocenters. The van der Waals surface area contributed by atoms with Crippen LogP contribution in [-0.4, -0.2) is 11.8 Å². The number of benzene rings is 1. The lowest BCUT2D eigenvalue weighted by Gasteiger charge is -2.18. The largest absolute Gasteiger partial charge is 0.365 e. The average molecular weight is 439 g/mol. The first kappa shape index (κ1) is 18.7. The summed E-state index contributed by atoms with van der Waals surface area (Å²) in [6, 6.07) is 5.43. The first-order valence-corrected chi connectivity index (χ1v) is 10.9. The maximum atomic E-state index is 12.9. The topological polar surface area (TPSA) is 72.2 Å². The van der Waals surface area contributed by atoms with Crippen molar-refractivity contribution in [2.45, 2.75) is 26.2 Å². The van der Waals surface area contributed by atoms with Crippen LogP contribution in [0.25, 0.3) is 10.1 Å². The molecule has 8 heteroatoms. The normalized spacial score (nSPS) is 16.3. The Labute approximate surface area is 174 Å². The second kappa shape index (κ2) is 7.09. The van der Waals surface area contributed by atoms with Crippen molar-refractivity contribution in [3.8, 4) is 0 Å². The highest BCUT2D eigenvalue weighted by Gasteiger charge is 2.28. The Kier molecular flexibility index (Phi) is 4.93. The van der Waals surface area contributed by atoms with Crippen molar-refractivity contribution < 1.29 is 9.59 Å². The molecule has 4 rings (SSSR count). The monoisotopic (exact) mass is 438 g/mol. The van der Waals surface area contributed by atoms with E-state index in [0.717, 1.165) is 34.4 Å². The van der Waals surface area contributed by atoms with Crippen LogP contribution in [0.3, 0.4) is 0 Å². The Hall–Kier alpha value is -1.60. The minimum Gasteiger partial charge on any atom is -0.365 e. The molecular weight excluding hydrogens is 423 g/mol. The highest BCUT2D eigenvalue weighted by molar-refractivity contribution is 7.22. The van der Waals surface area contributed by atoms with Crippen LogP contribution in [0.1, 0.15) is 43.8 Å². The van der Waals surface area contributed by atoms with E-state index in [1.54, 1.807) is 6.07 Å². The Morgan fingerprint density at radius 3 is 2.74 bits per heavy atom. The van der Waals surface area contributed by atoms with Gasteiger partial charge in [-0.1, -0.05) is 36.2 Å². The molecule has 3 aromatic rings. The van der Waals surface area contributed by atoms with E-state index in [1.165, 1.54) is 22.7 Å². The maximum absolute atomic E-state index is 12.9. The Bertz CT molecular complexity index is 1090. The minimum atomic E-state index is -0.511. The highest BCUT2D eigenvalue weighted by atomic mass is 35.5. The number of anilines is 1. The number of nitrogens with one attached hydrogen (secondary N) is 1. The molecule has 4 nitrogen and oxygen atoms in total. The van der Waals surface area contributed by atoms with Gasteiger partial charge in [-0.05, 0) is 42.9 Å². The van der Waals surface area contributed by atoms with Gasteiger partial charge in [-0.25, -0.2) is 0 Å². The van der Waals surface area contributed by atoms with Gasteiger partial charge in [0.1, 0.15) is 9.88 Å². The molecule has 1 aliphatic rings. The number of thiophene rings is 2. The quantitative estimate of drug-likeness (QED) is 0.546. The molecule has 27 heavy (non-hydrogen) atoms. The van der Waals surface area contributed by atoms with E-state index in [0.29, 0.717) is 36.8 Å². The predicted molar refractivity (Wildman–Crippen MR) is 114 cm³/mol. The molecule has 0 unspecified atom stereocenters. The number of primary amides is 1. The summed E-state index contributed by atoms with van der Waals surface area (Å²) in [5.41, 5.74) is 7.03. The van der Waals surface area contributed by atoms with Crippen molar-refractivity contribution in [1.82, 2.24) is 0 Å². The van der Waals surface area contributed by atoms with E-state index in [-0.39, 0.29) is 5.91 Å². The van der Waals surface area contributed by atoms with Crippen LogP contribution in [0.4, 0.5) is 5.00 Å². The predicted octanol–water partition coefficient (Wildman–Crippen LogP) is 5.75. The number of carbonyl (C=O) groups is 2. The Morgan fingerprint density at radius 1 is 1.26 bits per heavy atom. The first-order chi connectivity index (χ1) is 12.9. The highest BCUT2D eigenvalue weighted by Crippen LogP contribution is 2.42. The smallest absolute Gasteiger partial charge is 0.267 e. The van der Waals surface area contributed by atoms with Gasteiger partial charge in [0.15, 0.2) is 0 Å². The van der Waals surface area contributed by atoms with Gasteiger partial charge in [0.2, 0.25) is 0 Å². The van der Waals surface area contributed by atoms with Crippen LogP contribution >= 0.6 is 45.9 Å². The van der Waals surface area contributed by atoms with Crippen molar-refractivity contribution in [3.63, 3.8) is 0 Å². The van der Waals surface area contributed by atoms with Gasteiger partial charge in [-0.2, -0.15) is 0 Å². The number of amides is 2. The minimum absolute atomic E-state index is 0.327. The number of fused-ring (bicyclic) bond motifs is 2. The molecule has 0 radical (unpaired) electrons. The summed E-state index contributed by atoms with van der Waals surface area (Å²) >= 11 is 15.4. The van der Waals surface area contributed by atoms with Gasteiger partial charge in [0.25, 0.3) is 11.8 Å². The molecule has 1 aromatic carbocycles. The third-order valence-electron chi connectivity index (χ3n) is 4.80. The maximum Gasteiger partial charge on any atom is 0.267 e. The number of rotatable bonds is 3. The molecule has 2 aromatic heterocycles. The molecule has 0 saturated heterocycles. The van der Waals surface area contributed by atoms with Crippen LogP contribution in [0.5, 0.6) is 0 Å². The summed E-state index contributed by atoms with van der Waals surface area (Å²) in [6.45, 7) is 2.19. The fourth-order valence-electron chi connectivity index (χ4n) is 3.48. The fraction of sp³-hybridized carbons (Fsp3) is 0.263. The van der Waals surface area contributed by atoms with E-state index in [9.17, 15) is 9.59 Å². The number of hydrogen-bond acceptors (Lipinski definition) is 4. The fourth-order valence-corrected chi connectivity index (χ4v) is 6.74. The lowest BCUT2D eigenvalue weighted by atomic mass is 9.88. The van der Waals surface area contributed by atoms with Crippen LogP contribution in [0, 0.1) is 5.92 Å². The summed E-state index contributed by atoms with van der Waals surface area (Å²) in [6.07, 6.45) is 2.72. The van der Waals surface area contributed by atoms with Gasteiger partial charge in [0, 0.05) is 15.0 Å². The summed E-state index contributed by atoms with van der Waals surface area (Å²) < 4.78 is 0.840. The van der Waals surface area contributed by atoms with Crippen molar-refractivity contribution in [2.24, 2.45) is 11.7 Å². The van der Waals surface area contributed by atoms with Crippen LogP contribution in [0.2, 0.25) is 10.0 Å². The second-order valence-corrected chi connectivity index (χ2v) is 9.67. The van der Waals surface area contributed by atoms with Crippen LogP contribution in [-0.2, 0) is 12.8 Å². The molecule has 0 fully saturated rings. The van der Waals surface area contributed by atoms with Crippen molar-refractivity contribution in [2.75, 3.05) is 5.32 Å². The molecule has 0 saturated carbocycles. The van der Waals surface area contributed by atoms with E-state index >= 15 is 0 Å². The van der Waals surface area contributed by atoms with Gasteiger partial charge < -0.3 is 11.1 Å². The zero-order valence-corrected chi connectivity index (χ0v) is 17.5. The molecule has 0 bridgehead atoms. The van der Waals surface area contributed by atoms with Crippen molar-refractivity contribution in [1.29, 1.82) is 0 Å². The van der Waals surface area contributed by atoms with Crippen LogP contribution < -0.4 is 11.1 Å². The summed E-state index contributed by atoms with van der Waals surface area (Å²) in [4.78, 5) is 26.4. The standard InChI is InChI=1S/C19H16Cl2N2O2S2/c1-8-5-6-9-12(7-8)27-19(13(9)17(22)24)23-18(25)16-15(21)14-10(20)3-2-4-11(14)26-16/h2-4,8H,5-7H2,1H3,(H2,22,24)(H,23,25)/t8-/m1/s1. The molecule has 2 amide bonds. The van der Waals surface area contributed by atoms with E-state index < -0.39 is 5.91 Å². The van der Waals surface area contributed by atoms with Gasteiger partial charge in [-0.3, -0.25) is 9.59 Å². The molecular formula is C19H16Cl2N2O2S2. The molecule has 3 N–H and O–H groups in total. The van der Waals surface area contributed by atoms with Gasteiger partial charge in [-0.15, -0.1) is 22.7 Å². The number of halogens is 2. The third kappa shape index (κ3) is 3.25. The number of carbonyl (C=O) groups excluding carboxylic acids is 2. The van der Waals surface area contributed by atoms with Crippen molar-refractivity contribution >= 4 is 72.8 Å². The molecule has 140 valence electrons. The average Bonchev–Trinajstić information content (AvgIpc) is 3.12. The third-order valence-corrected chi connectivity index (χ3v) is 7.93. The Morgan fingerprint density at radius 2 is 2.04 bits per heavy atom. The second-order valence-electron chi connectivity index (χ2n) is 6.73. The van der Waals surface area contributed by atoms with E-state index in [4.69, 9.17) is 28.9 Å². The SMILES string of the molecule is C[C@@H]1CCc2c(sc(NC(=O)c3sc4cccc(Cl)c4c3Cl)c2C(N)=O)C1. The number of nitrogens with two attached hydrogens (primary N) is 1. The van der Waals surface area contributed by atoms with Gasteiger partial charge in [0.05, 0.1) is 15.6 Å². The Balaban J connectivity index is 1.73. The van der Waals surface area contributed by atoms with Gasteiger partial charge >= 0.3 is 0 Å². The number of hydrogen-bond donors (Lipinski definition) is 2. The zero-order valence-electron chi connectivity index (χ0n) is 14.4. The molecule has 1 aliphatic carbocycles. The molecule has 0 spiro atoms. The molecule has 0 aliphatic heterocycles. The first-order valence-electron chi connectivity index (χ1n) is 8.49. The summed E-state index contributed by atoms with van der Waals surface area (Å²) in [5.74, 6) is -0.311. The lowest BCUT2D eigenvalue weighted by Crippen LogP contribution is -2.19. The molecule has 2 heterocycles. The van der Waals surface area contributed by atoms with Crippen molar-refractivity contribution in [3.05, 3.63) is 49.1 Å².